The summed E-state index contributed by atoms with van der Waals surface area (Å²) in [5.41, 5.74) is 1.94. The fourth-order valence-electron chi connectivity index (χ4n) is 3.17. The summed E-state index contributed by atoms with van der Waals surface area (Å²) in [4.78, 5) is 30.2. The van der Waals surface area contributed by atoms with E-state index in [1.165, 1.54) is 11.8 Å². The molecule has 31 heavy (non-hydrogen) atoms. The van der Waals surface area contributed by atoms with Crippen LogP contribution in [0.25, 0.3) is 16.6 Å². The molecule has 0 aliphatic carbocycles. The molecule has 1 amide bonds. The van der Waals surface area contributed by atoms with Crippen molar-refractivity contribution in [2.24, 2.45) is 0 Å². The SMILES string of the molecule is COc1cccc(NC(=O)CCSc2nc3ccccc3c(=O)n2-c2ccccc2)c1. The van der Waals surface area contributed by atoms with Crippen LogP contribution >= 0.6 is 11.8 Å². The van der Waals surface area contributed by atoms with Crippen LogP contribution in [0.1, 0.15) is 6.42 Å². The van der Waals surface area contributed by atoms with Crippen molar-refractivity contribution in [1.29, 1.82) is 0 Å². The van der Waals surface area contributed by atoms with E-state index >= 15 is 0 Å². The Morgan fingerprint density at radius 2 is 1.81 bits per heavy atom. The zero-order valence-electron chi connectivity index (χ0n) is 16.9. The molecule has 0 atom stereocenters. The van der Waals surface area contributed by atoms with Gasteiger partial charge in [-0.3, -0.25) is 14.2 Å². The summed E-state index contributed by atoms with van der Waals surface area (Å²) in [5, 5.41) is 3.99. The molecule has 0 saturated carbocycles. The average molecular weight is 432 g/mol. The zero-order valence-corrected chi connectivity index (χ0v) is 17.8. The number of nitrogens with one attached hydrogen (secondary N) is 1. The van der Waals surface area contributed by atoms with Crippen molar-refractivity contribution in [1.82, 2.24) is 9.55 Å². The van der Waals surface area contributed by atoms with Crippen LogP contribution in [0.15, 0.2) is 88.8 Å². The highest BCUT2D eigenvalue weighted by Gasteiger charge is 2.14. The van der Waals surface area contributed by atoms with Crippen LogP contribution in [-0.2, 0) is 4.79 Å². The maximum Gasteiger partial charge on any atom is 0.266 e. The Bertz CT molecular complexity index is 1270. The van der Waals surface area contributed by atoms with Gasteiger partial charge in [0.25, 0.3) is 5.56 Å². The van der Waals surface area contributed by atoms with Gasteiger partial charge >= 0.3 is 0 Å². The first-order valence-electron chi connectivity index (χ1n) is 9.79. The van der Waals surface area contributed by atoms with Crippen molar-refractivity contribution in [3.63, 3.8) is 0 Å². The van der Waals surface area contributed by atoms with Gasteiger partial charge in [-0.1, -0.05) is 48.2 Å². The number of thioether (sulfide) groups is 1. The summed E-state index contributed by atoms with van der Waals surface area (Å²) >= 11 is 1.38. The molecule has 6 nitrogen and oxygen atoms in total. The van der Waals surface area contributed by atoms with Crippen LogP contribution < -0.4 is 15.6 Å². The highest BCUT2D eigenvalue weighted by atomic mass is 32.2. The molecule has 0 spiro atoms. The maximum absolute atomic E-state index is 13.2. The van der Waals surface area contributed by atoms with Gasteiger partial charge in [-0.15, -0.1) is 0 Å². The van der Waals surface area contributed by atoms with E-state index in [4.69, 9.17) is 9.72 Å². The molecule has 0 unspecified atom stereocenters. The minimum atomic E-state index is -0.125. The van der Waals surface area contributed by atoms with Crippen LogP contribution in [0.4, 0.5) is 5.69 Å². The summed E-state index contributed by atoms with van der Waals surface area (Å²) in [5.74, 6) is 1.04. The lowest BCUT2D eigenvalue weighted by Gasteiger charge is -2.13. The summed E-state index contributed by atoms with van der Waals surface area (Å²) in [6, 6.07) is 23.9. The topological polar surface area (TPSA) is 73.2 Å². The van der Waals surface area contributed by atoms with E-state index in [2.05, 4.69) is 5.32 Å². The van der Waals surface area contributed by atoms with Gasteiger partial charge in [-0.05, 0) is 36.4 Å². The Hall–Kier alpha value is -3.58. The summed E-state index contributed by atoms with van der Waals surface area (Å²) < 4.78 is 6.79. The first-order chi connectivity index (χ1) is 15.2. The highest BCUT2D eigenvalue weighted by molar-refractivity contribution is 7.99. The minimum Gasteiger partial charge on any atom is -0.497 e. The number of benzene rings is 3. The monoisotopic (exact) mass is 431 g/mol. The molecule has 0 bridgehead atoms. The number of aromatic nitrogens is 2. The molecule has 1 heterocycles. The number of anilines is 1. The normalized spacial score (nSPS) is 10.7. The predicted molar refractivity (Wildman–Crippen MR) is 124 cm³/mol. The van der Waals surface area contributed by atoms with Gasteiger partial charge in [0.15, 0.2) is 5.16 Å². The number of hydrogen-bond acceptors (Lipinski definition) is 5. The van der Waals surface area contributed by atoms with Crippen molar-refractivity contribution in [3.8, 4) is 11.4 Å². The molecule has 3 aromatic carbocycles. The number of fused-ring (bicyclic) bond motifs is 1. The average Bonchev–Trinajstić information content (AvgIpc) is 2.80. The number of amides is 1. The van der Waals surface area contributed by atoms with E-state index in [0.29, 0.717) is 33.2 Å². The second kappa shape index (κ2) is 9.49. The van der Waals surface area contributed by atoms with Crippen molar-refractivity contribution in [2.75, 3.05) is 18.2 Å². The molecule has 4 aromatic rings. The number of carbonyl (C=O) groups excluding carboxylic acids is 1. The molecule has 0 radical (unpaired) electrons. The van der Waals surface area contributed by atoms with Crippen LogP contribution in [0.3, 0.4) is 0 Å². The number of hydrogen-bond donors (Lipinski definition) is 1. The second-order valence-corrected chi connectivity index (χ2v) is 7.83. The third kappa shape index (κ3) is 4.78. The van der Waals surface area contributed by atoms with Crippen molar-refractivity contribution in [3.05, 3.63) is 89.2 Å². The second-order valence-electron chi connectivity index (χ2n) is 6.77. The third-order valence-electron chi connectivity index (χ3n) is 4.67. The molecule has 4 rings (SSSR count). The number of para-hydroxylation sites is 2. The molecule has 0 fully saturated rings. The number of methoxy groups -OCH3 is 1. The van der Waals surface area contributed by atoms with E-state index in [1.807, 2.05) is 66.7 Å². The first-order valence-corrected chi connectivity index (χ1v) is 10.8. The van der Waals surface area contributed by atoms with Crippen LogP contribution in [0, 0.1) is 0 Å². The summed E-state index contributed by atoms with van der Waals surface area (Å²) in [6.07, 6.45) is 0.277. The quantitative estimate of drug-likeness (QED) is 0.344. The van der Waals surface area contributed by atoms with Crippen LogP contribution in [-0.4, -0.2) is 28.3 Å². The van der Waals surface area contributed by atoms with E-state index in [0.717, 1.165) is 5.69 Å². The Balaban J connectivity index is 1.54. The fraction of sp³-hybridized carbons (Fsp3) is 0.125. The Morgan fingerprint density at radius 3 is 2.61 bits per heavy atom. The van der Waals surface area contributed by atoms with E-state index in [1.54, 1.807) is 23.8 Å². The lowest BCUT2D eigenvalue weighted by Crippen LogP contribution is -2.22. The van der Waals surface area contributed by atoms with Gasteiger partial charge in [0.2, 0.25) is 5.91 Å². The lowest BCUT2D eigenvalue weighted by atomic mass is 10.2. The van der Waals surface area contributed by atoms with Gasteiger partial charge < -0.3 is 10.1 Å². The van der Waals surface area contributed by atoms with Crippen molar-refractivity contribution >= 4 is 34.3 Å². The van der Waals surface area contributed by atoms with E-state index in [9.17, 15) is 9.59 Å². The number of nitrogens with zero attached hydrogens (tertiary/aromatic N) is 2. The van der Waals surface area contributed by atoms with Gasteiger partial charge in [0.05, 0.1) is 23.7 Å². The standard InChI is InChI=1S/C24H21N3O3S/c1-30-19-11-7-8-17(16-19)25-22(28)14-15-31-24-26-21-13-6-5-12-20(21)23(29)27(24)18-9-3-2-4-10-18/h2-13,16H,14-15H2,1H3,(H,25,28). The smallest absolute Gasteiger partial charge is 0.266 e. The Morgan fingerprint density at radius 1 is 1.03 bits per heavy atom. The van der Waals surface area contributed by atoms with Gasteiger partial charge in [0.1, 0.15) is 5.75 Å². The largest absolute Gasteiger partial charge is 0.497 e. The highest BCUT2D eigenvalue weighted by Crippen LogP contribution is 2.22. The summed E-state index contributed by atoms with van der Waals surface area (Å²) in [6.45, 7) is 0. The molecule has 1 aromatic heterocycles. The van der Waals surface area contributed by atoms with E-state index in [-0.39, 0.29) is 17.9 Å². The zero-order chi connectivity index (χ0) is 21.6. The molecular weight excluding hydrogens is 410 g/mol. The van der Waals surface area contributed by atoms with Gasteiger partial charge in [0, 0.05) is 23.9 Å². The number of ether oxygens (including phenoxy) is 1. The van der Waals surface area contributed by atoms with E-state index < -0.39 is 0 Å². The molecule has 0 aliphatic heterocycles. The molecule has 0 aliphatic rings. The fourth-order valence-corrected chi connectivity index (χ4v) is 4.12. The molecular formula is C24H21N3O3S. The van der Waals surface area contributed by atoms with Crippen LogP contribution in [0.2, 0.25) is 0 Å². The maximum atomic E-state index is 13.2. The lowest BCUT2D eigenvalue weighted by molar-refractivity contribution is -0.115. The Labute approximate surface area is 183 Å². The van der Waals surface area contributed by atoms with Crippen LogP contribution in [0.5, 0.6) is 5.75 Å². The molecule has 156 valence electrons. The van der Waals surface area contributed by atoms with Crippen molar-refractivity contribution in [2.45, 2.75) is 11.6 Å². The number of carbonyl (C=O) groups is 1. The molecule has 0 saturated heterocycles. The molecule has 7 heteroatoms. The Kier molecular flexibility index (Phi) is 6.33. The summed E-state index contributed by atoms with van der Waals surface area (Å²) in [7, 11) is 1.58. The predicted octanol–water partition coefficient (Wildman–Crippen LogP) is 4.52. The van der Waals surface area contributed by atoms with Crippen molar-refractivity contribution < 1.29 is 9.53 Å². The minimum absolute atomic E-state index is 0.116. The first kappa shape index (κ1) is 20.7. The number of rotatable bonds is 7. The van der Waals surface area contributed by atoms with Gasteiger partial charge in [-0.2, -0.15) is 0 Å². The van der Waals surface area contributed by atoms with Gasteiger partial charge in [-0.25, -0.2) is 4.98 Å². The molecule has 1 N–H and O–H groups in total. The third-order valence-corrected chi connectivity index (χ3v) is 5.61.